The fraction of sp³-hybridized carbons (Fsp3) is 0.533. The maximum absolute atomic E-state index is 11.6. The molecule has 0 aromatic heterocycles. The average molecular weight is 265 g/mol. The quantitative estimate of drug-likeness (QED) is 0.892. The topological polar surface area (TPSA) is 47.6 Å². The van der Waals surface area contributed by atoms with Crippen molar-refractivity contribution in [3.05, 3.63) is 24.3 Å². The number of ether oxygens (including phenoxy) is 2. The van der Waals surface area contributed by atoms with Crippen LogP contribution in [-0.4, -0.2) is 18.3 Å². The van der Waals surface area contributed by atoms with Gasteiger partial charge in [-0.25, -0.2) is 4.79 Å². The Bertz CT molecular complexity index is 422. The van der Waals surface area contributed by atoms with Gasteiger partial charge in [-0.1, -0.05) is 19.9 Å². The highest BCUT2D eigenvalue weighted by Gasteiger charge is 2.16. The van der Waals surface area contributed by atoms with Crippen molar-refractivity contribution in [2.75, 3.05) is 11.9 Å². The summed E-state index contributed by atoms with van der Waals surface area (Å²) in [6.07, 6.45) is -0.464. The van der Waals surface area contributed by atoms with Crippen molar-refractivity contribution in [2.24, 2.45) is 5.92 Å². The second kappa shape index (κ2) is 6.45. The first-order chi connectivity index (χ1) is 8.76. The lowest BCUT2D eigenvalue weighted by atomic mass is 10.2. The van der Waals surface area contributed by atoms with Gasteiger partial charge in [0.1, 0.15) is 11.4 Å². The molecule has 0 atom stereocenters. The third-order valence-electron chi connectivity index (χ3n) is 2.06. The van der Waals surface area contributed by atoms with Gasteiger partial charge in [-0.3, -0.25) is 5.32 Å². The van der Waals surface area contributed by atoms with E-state index in [0.717, 1.165) is 5.75 Å². The van der Waals surface area contributed by atoms with E-state index in [1.54, 1.807) is 12.1 Å². The van der Waals surface area contributed by atoms with Crippen LogP contribution in [0, 0.1) is 5.92 Å². The lowest BCUT2D eigenvalue weighted by Crippen LogP contribution is -2.27. The molecule has 0 spiro atoms. The van der Waals surface area contributed by atoms with Crippen LogP contribution < -0.4 is 10.1 Å². The smallest absolute Gasteiger partial charge is 0.412 e. The van der Waals surface area contributed by atoms with Crippen molar-refractivity contribution >= 4 is 11.8 Å². The fourth-order valence-corrected chi connectivity index (χ4v) is 1.35. The fourth-order valence-electron chi connectivity index (χ4n) is 1.35. The van der Waals surface area contributed by atoms with Crippen molar-refractivity contribution in [3.8, 4) is 5.75 Å². The molecule has 1 amide bonds. The molecule has 0 fully saturated rings. The first-order valence-electron chi connectivity index (χ1n) is 6.49. The van der Waals surface area contributed by atoms with Gasteiger partial charge in [0.25, 0.3) is 0 Å². The first-order valence-corrected chi connectivity index (χ1v) is 6.49. The molecule has 0 bridgehead atoms. The van der Waals surface area contributed by atoms with E-state index in [9.17, 15) is 4.79 Å². The number of hydrogen-bond acceptors (Lipinski definition) is 3. The van der Waals surface area contributed by atoms with Crippen molar-refractivity contribution in [1.29, 1.82) is 0 Å². The maximum Gasteiger partial charge on any atom is 0.412 e. The second-order valence-electron chi connectivity index (χ2n) is 5.86. The lowest BCUT2D eigenvalue weighted by molar-refractivity contribution is 0.0636. The molecule has 1 aromatic carbocycles. The predicted molar refractivity (Wildman–Crippen MR) is 76.6 cm³/mol. The molecular weight excluding hydrogens is 242 g/mol. The van der Waals surface area contributed by atoms with Gasteiger partial charge in [0.15, 0.2) is 0 Å². The average Bonchev–Trinajstić information content (AvgIpc) is 2.24. The molecule has 0 unspecified atom stereocenters. The summed E-state index contributed by atoms with van der Waals surface area (Å²) in [6, 6.07) is 7.28. The minimum absolute atomic E-state index is 0.461. The summed E-state index contributed by atoms with van der Waals surface area (Å²) in [5.74, 6) is 1.20. The lowest BCUT2D eigenvalue weighted by Gasteiger charge is -2.19. The van der Waals surface area contributed by atoms with Gasteiger partial charge in [0, 0.05) is 11.8 Å². The molecule has 1 rings (SSSR count). The normalized spacial score (nSPS) is 11.3. The van der Waals surface area contributed by atoms with Gasteiger partial charge in [0.2, 0.25) is 0 Å². The Balaban J connectivity index is 2.59. The largest absolute Gasteiger partial charge is 0.493 e. The Kier molecular flexibility index (Phi) is 5.21. The van der Waals surface area contributed by atoms with E-state index < -0.39 is 11.7 Å². The third-order valence-corrected chi connectivity index (χ3v) is 2.06. The van der Waals surface area contributed by atoms with E-state index in [0.29, 0.717) is 18.2 Å². The zero-order valence-electron chi connectivity index (χ0n) is 12.3. The highest BCUT2D eigenvalue weighted by molar-refractivity contribution is 5.85. The number of benzene rings is 1. The Morgan fingerprint density at radius 1 is 1.32 bits per heavy atom. The Hall–Kier alpha value is -1.71. The first kappa shape index (κ1) is 15.3. The van der Waals surface area contributed by atoms with Crippen molar-refractivity contribution < 1.29 is 14.3 Å². The summed E-state index contributed by atoms with van der Waals surface area (Å²) in [4.78, 5) is 11.6. The van der Waals surface area contributed by atoms with Crippen LogP contribution in [-0.2, 0) is 4.74 Å². The standard InChI is InChI=1S/C15H23NO3/c1-11(2)10-18-13-8-6-7-12(9-13)16-14(17)19-15(3,4)5/h6-9,11H,10H2,1-5H3,(H,16,17). The molecular formula is C15H23NO3. The van der Waals surface area contributed by atoms with Crippen molar-refractivity contribution in [3.63, 3.8) is 0 Å². The molecule has 1 aromatic rings. The van der Waals surface area contributed by atoms with Crippen LogP contribution >= 0.6 is 0 Å². The van der Waals surface area contributed by atoms with Crippen LogP contribution in [0.3, 0.4) is 0 Å². The van der Waals surface area contributed by atoms with Crippen LogP contribution in [0.4, 0.5) is 10.5 Å². The number of anilines is 1. The molecule has 19 heavy (non-hydrogen) atoms. The summed E-state index contributed by atoms with van der Waals surface area (Å²) in [5, 5.41) is 2.69. The highest BCUT2D eigenvalue weighted by atomic mass is 16.6. The zero-order chi connectivity index (χ0) is 14.5. The number of amides is 1. The summed E-state index contributed by atoms with van der Waals surface area (Å²) in [5.41, 5.74) is 0.158. The summed E-state index contributed by atoms with van der Waals surface area (Å²) in [7, 11) is 0. The van der Waals surface area contributed by atoms with Gasteiger partial charge < -0.3 is 9.47 Å². The Morgan fingerprint density at radius 3 is 2.58 bits per heavy atom. The van der Waals surface area contributed by atoms with Crippen LogP contribution in [0.25, 0.3) is 0 Å². The van der Waals surface area contributed by atoms with E-state index in [4.69, 9.17) is 9.47 Å². The molecule has 0 heterocycles. The van der Waals surface area contributed by atoms with Crippen LogP contribution in [0.5, 0.6) is 5.75 Å². The number of nitrogens with one attached hydrogen (secondary N) is 1. The maximum atomic E-state index is 11.6. The van der Waals surface area contributed by atoms with Crippen molar-refractivity contribution in [1.82, 2.24) is 0 Å². The molecule has 0 aliphatic carbocycles. The minimum Gasteiger partial charge on any atom is -0.493 e. The van der Waals surface area contributed by atoms with E-state index >= 15 is 0 Å². The molecule has 0 radical (unpaired) electrons. The summed E-state index contributed by atoms with van der Waals surface area (Å²) >= 11 is 0. The number of carbonyl (C=O) groups is 1. The molecule has 1 N–H and O–H groups in total. The van der Waals surface area contributed by atoms with Gasteiger partial charge >= 0.3 is 6.09 Å². The van der Waals surface area contributed by atoms with Crippen LogP contribution in [0.1, 0.15) is 34.6 Å². The van der Waals surface area contributed by atoms with Gasteiger partial charge in [0.05, 0.1) is 6.61 Å². The monoisotopic (exact) mass is 265 g/mol. The molecule has 0 aliphatic rings. The minimum atomic E-state index is -0.504. The van der Waals surface area contributed by atoms with Crippen molar-refractivity contribution in [2.45, 2.75) is 40.2 Å². The van der Waals surface area contributed by atoms with E-state index in [1.165, 1.54) is 0 Å². The molecule has 4 heteroatoms. The van der Waals surface area contributed by atoms with E-state index in [2.05, 4.69) is 19.2 Å². The van der Waals surface area contributed by atoms with Gasteiger partial charge in [-0.15, -0.1) is 0 Å². The molecule has 4 nitrogen and oxygen atoms in total. The van der Waals surface area contributed by atoms with Crippen LogP contribution in [0.15, 0.2) is 24.3 Å². The third kappa shape index (κ3) is 6.70. The summed E-state index contributed by atoms with van der Waals surface area (Å²) < 4.78 is 10.8. The molecule has 0 saturated carbocycles. The Labute approximate surface area is 115 Å². The number of hydrogen-bond donors (Lipinski definition) is 1. The zero-order valence-corrected chi connectivity index (χ0v) is 12.3. The van der Waals surface area contributed by atoms with Gasteiger partial charge in [-0.2, -0.15) is 0 Å². The number of rotatable bonds is 4. The predicted octanol–water partition coefficient (Wildman–Crippen LogP) is 4.07. The van der Waals surface area contributed by atoms with Crippen LogP contribution in [0.2, 0.25) is 0 Å². The second-order valence-corrected chi connectivity index (χ2v) is 5.86. The molecule has 0 aliphatic heterocycles. The van der Waals surface area contributed by atoms with E-state index in [-0.39, 0.29) is 0 Å². The highest BCUT2D eigenvalue weighted by Crippen LogP contribution is 2.19. The molecule has 106 valence electrons. The summed E-state index contributed by atoms with van der Waals surface area (Å²) in [6.45, 7) is 10.3. The molecule has 0 saturated heterocycles. The number of carbonyl (C=O) groups excluding carboxylic acids is 1. The van der Waals surface area contributed by atoms with E-state index in [1.807, 2.05) is 32.9 Å². The SMILES string of the molecule is CC(C)COc1cccc(NC(=O)OC(C)(C)C)c1. The Morgan fingerprint density at radius 2 is 2.00 bits per heavy atom. The van der Waals surface area contributed by atoms with Gasteiger partial charge in [-0.05, 0) is 38.8 Å².